The number of amides is 1. The van der Waals surface area contributed by atoms with Gasteiger partial charge in [0.05, 0.1) is 12.5 Å². The van der Waals surface area contributed by atoms with Gasteiger partial charge in [-0.2, -0.15) is 0 Å². The second-order valence-corrected chi connectivity index (χ2v) is 4.23. The first-order valence-electron chi connectivity index (χ1n) is 6.25. The summed E-state index contributed by atoms with van der Waals surface area (Å²) in [5, 5.41) is 0. The minimum absolute atomic E-state index is 0.0579. The van der Waals surface area contributed by atoms with E-state index in [9.17, 15) is 4.79 Å². The summed E-state index contributed by atoms with van der Waals surface area (Å²) in [6, 6.07) is 1.78. The highest BCUT2D eigenvalue weighted by atomic mass is 16.6. The van der Waals surface area contributed by atoms with Crippen LogP contribution < -0.4 is 10.4 Å². The van der Waals surface area contributed by atoms with E-state index in [0.29, 0.717) is 19.1 Å². The number of hydroxylamine groups is 1. The number of hydrogen-bond donors (Lipinski definition) is 1. The fraction of sp³-hybridized carbons (Fsp3) is 0.583. The third kappa shape index (κ3) is 3.16. The molecule has 98 valence electrons. The lowest BCUT2D eigenvalue weighted by Gasteiger charge is -2.31. The Kier molecular flexibility index (Phi) is 4.46. The molecule has 1 aliphatic rings. The first-order valence-corrected chi connectivity index (χ1v) is 6.25. The van der Waals surface area contributed by atoms with E-state index in [1.54, 1.807) is 18.5 Å². The van der Waals surface area contributed by atoms with Crippen molar-refractivity contribution >= 4 is 11.9 Å². The fourth-order valence-corrected chi connectivity index (χ4v) is 2.05. The normalized spacial score (nSPS) is 19.6. The summed E-state index contributed by atoms with van der Waals surface area (Å²) in [6.45, 7) is 3.85. The van der Waals surface area contributed by atoms with Crippen LogP contribution in [-0.2, 0) is 9.63 Å². The Bertz CT molecular complexity index is 385. The predicted molar refractivity (Wildman–Crippen MR) is 66.7 cm³/mol. The molecule has 1 aromatic heterocycles. The van der Waals surface area contributed by atoms with Crippen LogP contribution in [0.1, 0.15) is 19.8 Å². The van der Waals surface area contributed by atoms with Gasteiger partial charge < -0.3 is 4.90 Å². The zero-order valence-electron chi connectivity index (χ0n) is 10.5. The SMILES string of the molecule is CCONC(=O)C1CCCN(c2ncccn2)C1. The van der Waals surface area contributed by atoms with Crippen LogP contribution in [0.2, 0.25) is 0 Å². The Morgan fingerprint density at radius 1 is 1.56 bits per heavy atom. The lowest BCUT2D eigenvalue weighted by Crippen LogP contribution is -2.43. The van der Waals surface area contributed by atoms with Crippen molar-refractivity contribution in [1.29, 1.82) is 0 Å². The molecular weight excluding hydrogens is 232 g/mol. The molecule has 1 aromatic rings. The molecule has 0 bridgehead atoms. The number of nitrogens with zero attached hydrogens (tertiary/aromatic N) is 3. The zero-order valence-corrected chi connectivity index (χ0v) is 10.5. The summed E-state index contributed by atoms with van der Waals surface area (Å²) in [6.07, 6.45) is 5.27. The fourth-order valence-electron chi connectivity index (χ4n) is 2.05. The molecule has 6 nitrogen and oxygen atoms in total. The maximum Gasteiger partial charge on any atom is 0.248 e. The van der Waals surface area contributed by atoms with Crippen molar-refractivity contribution in [3.63, 3.8) is 0 Å². The number of piperidine rings is 1. The van der Waals surface area contributed by atoms with Gasteiger partial charge in [-0.05, 0) is 25.8 Å². The van der Waals surface area contributed by atoms with Gasteiger partial charge in [-0.1, -0.05) is 0 Å². The largest absolute Gasteiger partial charge is 0.340 e. The van der Waals surface area contributed by atoms with Gasteiger partial charge in [-0.3, -0.25) is 9.63 Å². The van der Waals surface area contributed by atoms with Crippen LogP contribution in [0.5, 0.6) is 0 Å². The summed E-state index contributed by atoms with van der Waals surface area (Å²) in [5.41, 5.74) is 2.47. The second-order valence-electron chi connectivity index (χ2n) is 4.23. The van der Waals surface area contributed by atoms with Gasteiger partial charge in [0.2, 0.25) is 11.9 Å². The Morgan fingerprint density at radius 2 is 2.33 bits per heavy atom. The third-order valence-corrected chi connectivity index (χ3v) is 2.94. The van der Waals surface area contributed by atoms with Crippen molar-refractivity contribution in [3.05, 3.63) is 18.5 Å². The van der Waals surface area contributed by atoms with Gasteiger partial charge in [-0.15, -0.1) is 0 Å². The first kappa shape index (κ1) is 12.8. The summed E-state index contributed by atoms with van der Waals surface area (Å²) in [5.74, 6) is 0.568. The zero-order chi connectivity index (χ0) is 12.8. The molecule has 0 aromatic carbocycles. The van der Waals surface area contributed by atoms with Crippen LogP contribution in [0.4, 0.5) is 5.95 Å². The number of carbonyl (C=O) groups is 1. The van der Waals surface area contributed by atoms with Crippen LogP contribution in [0.3, 0.4) is 0 Å². The lowest BCUT2D eigenvalue weighted by atomic mass is 9.98. The van der Waals surface area contributed by atoms with E-state index in [4.69, 9.17) is 4.84 Å². The Balaban J connectivity index is 1.94. The molecule has 6 heteroatoms. The summed E-state index contributed by atoms with van der Waals surface area (Å²) in [4.78, 5) is 27.2. The molecule has 0 aliphatic carbocycles. The van der Waals surface area contributed by atoms with Crippen LogP contribution in [0.15, 0.2) is 18.5 Å². The molecule has 0 radical (unpaired) electrons. The topological polar surface area (TPSA) is 67.3 Å². The first-order chi connectivity index (χ1) is 8.81. The molecule has 1 aliphatic heterocycles. The van der Waals surface area contributed by atoms with Crippen molar-refractivity contribution in [3.8, 4) is 0 Å². The average Bonchev–Trinajstić information content (AvgIpc) is 2.46. The average molecular weight is 250 g/mol. The molecule has 1 fully saturated rings. The molecule has 0 spiro atoms. The maximum absolute atomic E-state index is 11.8. The molecule has 2 rings (SSSR count). The van der Waals surface area contributed by atoms with Crippen molar-refractivity contribution < 1.29 is 9.63 Å². The minimum Gasteiger partial charge on any atom is -0.340 e. The molecule has 2 heterocycles. The van der Waals surface area contributed by atoms with Gasteiger partial charge in [0.15, 0.2) is 0 Å². The number of carbonyl (C=O) groups excluding carboxylic acids is 1. The number of rotatable bonds is 4. The summed E-state index contributed by atoms with van der Waals surface area (Å²) < 4.78 is 0. The van der Waals surface area contributed by atoms with Crippen molar-refractivity contribution in [2.45, 2.75) is 19.8 Å². The Labute approximate surface area is 106 Å². The quantitative estimate of drug-likeness (QED) is 0.799. The van der Waals surface area contributed by atoms with Crippen molar-refractivity contribution in [1.82, 2.24) is 15.4 Å². The van der Waals surface area contributed by atoms with E-state index in [2.05, 4.69) is 15.4 Å². The Hall–Kier alpha value is -1.69. The standard InChI is InChI=1S/C12H18N4O2/c1-2-18-15-11(17)10-5-3-8-16(9-10)12-13-6-4-7-14-12/h4,6-7,10H,2-3,5,8-9H2,1H3,(H,15,17). The predicted octanol–water partition coefficient (Wildman–Crippen LogP) is 0.761. The summed E-state index contributed by atoms with van der Waals surface area (Å²) >= 11 is 0. The van der Waals surface area contributed by atoms with Crippen molar-refractivity contribution in [2.75, 3.05) is 24.6 Å². The smallest absolute Gasteiger partial charge is 0.248 e. The Morgan fingerprint density at radius 3 is 3.06 bits per heavy atom. The minimum atomic E-state index is -0.0610. The van der Waals surface area contributed by atoms with E-state index in [-0.39, 0.29) is 11.8 Å². The number of anilines is 1. The molecule has 1 amide bonds. The van der Waals surface area contributed by atoms with E-state index in [1.165, 1.54) is 0 Å². The lowest BCUT2D eigenvalue weighted by molar-refractivity contribution is -0.137. The number of aromatic nitrogens is 2. The van der Waals surface area contributed by atoms with Crippen LogP contribution in [0, 0.1) is 5.92 Å². The monoisotopic (exact) mass is 250 g/mol. The van der Waals surface area contributed by atoms with Crippen LogP contribution >= 0.6 is 0 Å². The highest BCUT2D eigenvalue weighted by Gasteiger charge is 2.27. The van der Waals surface area contributed by atoms with Crippen LogP contribution in [0.25, 0.3) is 0 Å². The molecular formula is C12H18N4O2. The molecule has 1 N–H and O–H groups in total. The van der Waals surface area contributed by atoms with Gasteiger partial charge in [0, 0.05) is 25.5 Å². The van der Waals surface area contributed by atoms with Gasteiger partial charge in [-0.25, -0.2) is 15.4 Å². The second kappa shape index (κ2) is 6.30. The highest BCUT2D eigenvalue weighted by Crippen LogP contribution is 2.19. The number of nitrogens with one attached hydrogen (secondary N) is 1. The maximum atomic E-state index is 11.8. The van der Waals surface area contributed by atoms with Gasteiger partial charge in [0.1, 0.15) is 0 Å². The van der Waals surface area contributed by atoms with Crippen LogP contribution in [-0.4, -0.2) is 35.6 Å². The molecule has 1 unspecified atom stereocenters. The molecule has 1 saturated heterocycles. The van der Waals surface area contributed by atoms with E-state index in [0.717, 1.165) is 19.4 Å². The van der Waals surface area contributed by atoms with E-state index >= 15 is 0 Å². The van der Waals surface area contributed by atoms with E-state index < -0.39 is 0 Å². The molecule has 1 atom stereocenters. The van der Waals surface area contributed by atoms with Gasteiger partial charge >= 0.3 is 0 Å². The highest BCUT2D eigenvalue weighted by molar-refractivity contribution is 5.78. The third-order valence-electron chi connectivity index (χ3n) is 2.94. The molecule has 18 heavy (non-hydrogen) atoms. The van der Waals surface area contributed by atoms with E-state index in [1.807, 2.05) is 11.8 Å². The van der Waals surface area contributed by atoms with Crippen molar-refractivity contribution in [2.24, 2.45) is 5.92 Å². The summed E-state index contributed by atoms with van der Waals surface area (Å²) in [7, 11) is 0. The molecule has 0 saturated carbocycles. The van der Waals surface area contributed by atoms with Gasteiger partial charge in [0.25, 0.3) is 0 Å². The number of hydrogen-bond acceptors (Lipinski definition) is 5.